The quantitative estimate of drug-likeness (QED) is 0.468. The monoisotopic (exact) mass is 402 g/mol. The Morgan fingerprint density at radius 1 is 0.741 bits per heavy atom. The lowest BCUT2D eigenvalue weighted by molar-refractivity contribution is -0.149. The van der Waals surface area contributed by atoms with E-state index in [1.54, 1.807) is 72.8 Å². The minimum Gasteiger partial charge on any atom is -0.474 e. The SMILES string of the molecule is COC(=O)C(Oc1ccc(Cl)cc1)c1ccc(Oc2ccc(Cl)cc2)cc1. The van der Waals surface area contributed by atoms with E-state index in [0.29, 0.717) is 32.9 Å². The molecule has 0 fully saturated rings. The second kappa shape index (κ2) is 8.80. The van der Waals surface area contributed by atoms with Crippen LogP contribution < -0.4 is 9.47 Å². The van der Waals surface area contributed by atoms with Crippen LogP contribution in [0, 0.1) is 0 Å². The maximum atomic E-state index is 12.2. The highest BCUT2D eigenvalue weighted by atomic mass is 35.5. The Hall–Kier alpha value is -2.69. The highest BCUT2D eigenvalue weighted by molar-refractivity contribution is 6.30. The number of hydrogen-bond acceptors (Lipinski definition) is 4. The maximum Gasteiger partial charge on any atom is 0.351 e. The van der Waals surface area contributed by atoms with E-state index in [9.17, 15) is 4.79 Å². The second-order valence-corrected chi connectivity index (χ2v) is 6.47. The Kier molecular flexibility index (Phi) is 6.22. The Labute approximate surface area is 167 Å². The molecule has 1 atom stereocenters. The molecular weight excluding hydrogens is 387 g/mol. The number of carbonyl (C=O) groups is 1. The fourth-order valence-corrected chi connectivity index (χ4v) is 2.61. The van der Waals surface area contributed by atoms with Gasteiger partial charge in [-0.05, 0) is 60.7 Å². The van der Waals surface area contributed by atoms with Crippen molar-refractivity contribution in [3.05, 3.63) is 88.4 Å². The number of benzene rings is 3. The first-order valence-electron chi connectivity index (χ1n) is 8.08. The topological polar surface area (TPSA) is 44.8 Å². The van der Waals surface area contributed by atoms with Crippen molar-refractivity contribution in [3.8, 4) is 17.2 Å². The van der Waals surface area contributed by atoms with Gasteiger partial charge in [-0.2, -0.15) is 0 Å². The highest BCUT2D eigenvalue weighted by Gasteiger charge is 2.23. The van der Waals surface area contributed by atoms with Crippen LogP contribution in [0.15, 0.2) is 72.8 Å². The fraction of sp³-hybridized carbons (Fsp3) is 0.0952. The number of carbonyl (C=O) groups excluding carboxylic acids is 1. The normalized spacial score (nSPS) is 11.5. The average Bonchev–Trinajstić information content (AvgIpc) is 2.69. The van der Waals surface area contributed by atoms with E-state index in [0.717, 1.165) is 0 Å². The van der Waals surface area contributed by atoms with Gasteiger partial charge in [0.25, 0.3) is 0 Å². The predicted molar refractivity (Wildman–Crippen MR) is 105 cm³/mol. The number of ether oxygens (including phenoxy) is 3. The highest BCUT2D eigenvalue weighted by Crippen LogP contribution is 2.28. The van der Waals surface area contributed by atoms with Gasteiger partial charge in [-0.25, -0.2) is 4.79 Å². The van der Waals surface area contributed by atoms with E-state index in [2.05, 4.69) is 0 Å². The van der Waals surface area contributed by atoms with Gasteiger partial charge in [0, 0.05) is 15.6 Å². The second-order valence-electron chi connectivity index (χ2n) is 5.60. The van der Waals surface area contributed by atoms with Crippen molar-refractivity contribution < 1.29 is 19.0 Å². The van der Waals surface area contributed by atoms with Crippen molar-refractivity contribution in [1.29, 1.82) is 0 Å². The summed E-state index contributed by atoms with van der Waals surface area (Å²) < 4.78 is 16.4. The van der Waals surface area contributed by atoms with Gasteiger partial charge in [-0.3, -0.25) is 0 Å². The summed E-state index contributed by atoms with van der Waals surface area (Å²) in [6.07, 6.45) is -0.902. The molecule has 138 valence electrons. The zero-order chi connectivity index (χ0) is 19.2. The summed E-state index contributed by atoms with van der Waals surface area (Å²) >= 11 is 11.7. The van der Waals surface area contributed by atoms with Crippen molar-refractivity contribution >= 4 is 29.2 Å². The fourth-order valence-electron chi connectivity index (χ4n) is 2.36. The minimum absolute atomic E-state index is 0.503. The van der Waals surface area contributed by atoms with Crippen LogP contribution in [0.1, 0.15) is 11.7 Å². The third-order valence-electron chi connectivity index (χ3n) is 3.72. The van der Waals surface area contributed by atoms with E-state index < -0.39 is 12.1 Å². The molecule has 0 aliphatic carbocycles. The Bertz CT molecular complexity index is 891. The summed E-state index contributed by atoms with van der Waals surface area (Å²) in [5.41, 5.74) is 0.639. The summed E-state index contributed by atoms with van der Waals surface area (Å²) in [6, 6.07) is 20.8. The van der Waals surface area contributed by atoms with Crippen LogP contribution in [0.25, 0.3) is 0 Å². The summed E-state index contributed by atoms with van der Waals surface area (Å²) in [6.45, 7) is 0. The van der Waals surface area contributed by atoms with Gasteiger partial charge in [-0.15, -0.1) is 0 Å². The molecule has 27 heavy (non-hydrogen) atoms. The third kappa shape index (κ3) is 5.16. The van der Waals surface area contributed by atoms with E-state index in [4.69, 9.17) is 37.4 Å². The van der Waals surface area contributed by atoms with E-state index >= 15 is 0 Å². The molecular formula is C21H16Cl2O4. The summed E-state index contributed by atoms with van der Waals surface area (Å²) in [5, 5.41) is 1.22. The molecule has 0 aromatic heterocycles. The molecule has 3 rings (SSSR count). The first-order chi connectivity index (χ1) is 13.0. The zero-order valence-corrected chi connectivity index (χ0v) is 15.9. The zero-order valence-electron chi connectivity index (χ0n) is 14.4. The van der Waals surface area contributed by atoms with E-state index in [1.807, 2.05) is 0 Å². The molecule has 0 radical (unpaired) electrons. The van der Waals surface area contributed by atoms with Crippen LogP contribution in [0.5, 0.6) is 17.2 Å². The number of halogens is 2. The maximum absolute atomic E-state index is 12.2. The lowest BCUT2D eigenvalue weighted by Crippen LogP contribution is -2.20. The molecule has 0 spiro atoms. The average molecular weight is 403 g/mol. The molecule has 0 aliphatic rings. The van der Waals surface area contributed by atoms with Crippen molar-refractivity contribution in [1.82, 2.24) is 0 Å². The molecule has 6 heteroatoms. The first kappa shape index (κ1) is 19.1. The standard InChI is InChI=1S/C21H16Cl2O4/c1-25-21(24)20(27-19-12-6-16(23)7-13-19)14-2-8-17(9-3-14)26-18-10-4-15(22)5-11-18/h2-13,20H,1H3. The summed E-state index contributed by atoms with van der Waals surface area (Å²) in [4.78, 5) is 12.2. The van der Waals surface area contributed by atoms with Gasteiger partial charge in [0.1, 0.15) is 17.2 Å². The van der Waals surface area contributed by atoms with Crippen LogP contribution in [-0.4, -0.2) is 13.1 Å². The number of hydrogen-bond donors (Lipinski definition) is 0. The number of methoxy groups -OCH3 is 1. The minimum atomic E-state index is -0.902. The van der Waals surface area contributed by atoms with Crippen molar-refractivity contribution in [3.63, 3.8) is 0 Å². The molecule has 0 saturated heterocycles. The first-order valence-corrected chi connectivity index (χ1v) is 8.84. The molecule has 0 bridgehead atoms. The number of esters is 1. The molecule has 0 amide bonds. The third-order valence-corrected chi connectivity index (χ3v) is 4.22. The molecule has 0 heterocycles. The number of rotatable bonds is 6. The largest absolute Gasteiger partial charge is 0.474 e. The van der Waals surface area contributed by atoms with E-state index in [1.165, 1.54) is 7.11 Å². The van der Waals surface area contributed by atoms with Gasteiger partial charge in [0.2, 0.25) is 6.10 Å². The van der Waals surface area contributed by atoms with Gasteiger partial charge < -0.3 is 14.2 Å². The molecule has 0 N–H and O–H groups in total. The lowest BCUT2D eigenvalue weighted by atomic mass is 10.1. The van der Waals surface area contributed by atoms with Crippen LogP contribution in [-0.2, 0) is 9.53 Å². The van der Waals surface area contributed by atoms with Gasteiger partial charge >= 0.3 is 5.97 Å². The van der Waals surface area contributed by atoms with Crippen LogP contribution in [0.2, 0.25) is 10.0 Å². The van der Waals surface area contributed by atoms with Crippen molar-refractivity contribution in [2.45, 2.75) is 6.10 Å². The Balaban J connectivity index is 1.77. The Morgan fingerprint density at radius 2 is 1.19 bits per heavy atom. The molecule has 3 aromatic carbocycles. The van der Waals surface area contributed by atoms with Gasteiger partial charge in [-0.1, -0.05) is 35.3 Å². The van der Waals surface area contributed by atoms with Crippen molar-refractivity contribution in [2.75, 3.05) is 7.11 Å². The molecule has 1 unspecified atom stereocenters. The molecule has 4 nitrogen and oxygen atoms in total. The smallest absolute Gasteiger partial charge is 0.351 e. The van der Waals surface area contributed by atoms with Crippen LogP contribution in [0.4, 0.5) is 0 Å². The van der Waals surface area contributed by atoms with Gasteiger partial charge in [0.05, 0.1) is 7.11 Å². The van der Waals surface area contributed by atoms with Crippen LogP contribution >= 0.6 is 23.2 Å². The van der Waals surface area contributed by atoms with E-state index in [-0.39, 0.29) is 0 Å². The molecule has 3 aromatic rings. The lowest BCUT2D eigenvalue weighted by Gasteiger charge is -2.18. The summed E-state index contributed by atoms with van der Waals surface area (Å²) in [5.74, 6) is 1.29. The van der Waals surface area contributed by atoms with Gasteiger partial charge in [0.15, 0.2) is 0 Å². The Morgan fingerprint density at radius 3 is 1.67 bits per heavy atom. The molecule has 0 saturated carbocycles. The molecule has 0 aliphatic heterocycles. The summed E-state index contributed by atoms with van der Waals surface area (Å²) in [7, 11) is 1.32. The van der Waals surface area contributed by atoms with Crippen molar-refractivity contribution in [2.24, 2.45) is 0 Å². The van der Waals surface area contributed by atoms with Crippen LogP contribution in [0.3, 0.4) is 0 Å². The predicted octanol–water partition coefficient (Wildman–Crippen LogP) is 6.08.